The van der Waals surface area contributed by atoms with Crippen molar-refractivity contribution in [1.29, 1.82) is 0 Å². The van der Waals surface area contributed by atoms with E-state index >= 15 is 0 Å². The van der Waals surface area contributed by atoms with Crippen molar-refractivity contribution in [2.24, 2.45) is 5.92 Å². The van der Waals surface area contributed by atoms with E-state index in [4.69, 9.17) is 5.11 Å². The molecule has 20 heavy (non-hydrogen) atoms. The number of carbonyl (C=O) groups is 1. The lowest BCUT2D eigenvalue weighted by Gasteiger charge is -2.18. The highest BCUT2D eigenvalue weighted by atomic mass is 16.3. The molecule has 0 saturated carbocycles. The van der Waals surface area contributed by atoms with E-state index in [1.807, 2.05) is 30.3 Å². The lowest BCUT2D eigenvalue weighted by atomic mass is 10.0. The Labute approximate surface area is 121 Å². The first-order valence-electron chi connectivity index (χ1n) is 7.33. The van der Waals surface area contributed by atoms with Crippen LogP contribution in [-0.2, 0) is 0 Å². The van der Waals surface area contributed by atoms with Crippen LogP contribution in [0.2, 0.25) is 0 Å². The summed E-state index contributed by atoms with van der Waals surface area (Å²) in [4.78, 5) is 11.8. The van der Waals surface area contributed by atoms with Gasteiger partial charge in [-0.1, -0.05) is 44.2 Å². The molecule has 112 valence electrons. The number of urea groups is 1. The van der Waals surface area contributed by atoms with Crippen molar-refractivity contribution in [1.82, 2.24) is 10.6 Å². The molecule has 2 amide bonds. The van der Waals surface area contributed by atoms with Crippen LogP contribution < -0.4 is 10.6 Å². The van der Waals surface area contributed by atoms with Crippen LogP contribution in [-0.4, -0.2) is 24.3 Å². The zero-order valence-electron chi connectivity index (χ0n) is 12.4. The van der Waals surface area contributed by atoms with Crippen LogP contribution in [0.5, 0.6) is 0 Å². The monoisotopic (exact) mass is 278 g/mol. The molecular formula is C16H26N2O2. The van der Waals surface area contributed by atoms with Gasteiger partial charge in [-0.05, 0) is 30.7 Å². The third-order valence-electron chi connectivity index (χ3n) is 3.17. The minimum Gasteiger partial charge on any atom is -0.396 e. The molecule has 1 aromatic rings. The number of benzene rings is 1. The average Bonchev–Trinajstić information content (AvgIpc) is 2.44. The average molecular weight is 278 g/mol. The van der Waals surface area contributed by atoms with Gasteiger partial charge in [0.05, 0.1) is 6.04 Å². The minimum absolute atomic E-state index is 0.0488. The molecule has 1 rings (SSSR count). The van der Waals surface area contributed by atoms with E-state index in [-0.39, 0.29) is 18.7 Å². The van der Waals surface area contributed by atoms with Gasteiger partial charge in [0, 0.05) is 13.2 Å². The lowest BCUT2D eigenvalue weighted by Crippen LogP contribution is -2.38. The molecule has 0 unspecified atom stereocenters. The van der Waals surface area contributed by atoms with Gasteiger partial charge in [0.1, 0.15) is 0 Å². The van der Waals surface area contributed by atoms with Gasteiger partial charge in [0.15, 0.2) is 0 Å². The first-order valence-corrected chi connectivity index (χ1v) is 7.33. The van der Waals surface area contributed by atoms with Gasteiger partial charge in [-0.15, -0.1) is 0 Å². The standard InChI is InChI=1S/C16H26N2O2/c1-13(2)7-6-11-17-16(20)18-15(10-12-19)14-8-4-3-5-9-14/h3-5,8-9,13,15,19H,6-7,10-12H2,1-2H3,(H2,17,18,20)/t15-/m1/s1. The number of hydrogen-bond acceptors (Lipinski definition) is 2. The summed E-state index contributed by atoms with van der Waals surface area (Å²) in [5, 5.41) is 14.9. The first kappa shape index (κ1) is 16.5. The van der Waals surface area contributed by atoms with Crippen molar-refractivity contribution in [3.8, 4) is 0 Å². The van der Waals surface area contributed by atoms with Crippen molar-refractivity contribution in [2.75, 3.05) is 13.2 Å². The maximum atomic E-state index is 11.8. The van der Waals surface area contributed by atoms with Crippen molar-refractivity contribution < 1.29 is 9.90 Å². The Morgan fingerprint density at radius 3 is 2.50 bits per heavy atom. The molecule has 0 bridgehead atoms. The van der Waals surface area contributed by atoms with Crippen LogP contribution in [0.25, 0.3) is 0 Å². The zero-order chi connectivity index (χ0) is 14.8. The number of aliphatic hydroxyl groups is 1. The molecular weight excluding hydrogens is 252 g/mol. The Balaban J connectivity index is 2.40. The highest BCUT2D eigenvalue weighted by molar-refractivity contribution is 5.74. The molecule has 0 fully saturated rings. The van der Waals surface area contributed by atoms with Crippen LogP contribution in [0, 0.1) is 5.92 Å². The van der Waals surface area contributed by atoms with E-state index in [0.717, 1.165) is 18.4 Å². The number of carbonyl (C=O) groups excluding carboxylic acids is 1. The second-order valence-corrected chi connectivity index (χ2v) is 5.41. The Morgan fingerprint density at radius 1 is 1.20 bits per heavy atom. The van der Waals surface area contributed by atoms with Gasteiger partial charge in [-0.3, -0.25) is 0 Å². The molecule has 0 aliphatic rings. The van der Waals surface area contributed by atoms with Gasteiger partial charge in [-0.25, -0.2) is 4.79 Å². The Bertz CT molecular complexity index is 379. The molecule has 3 N–H and O–H groups in total. The largest absolute Gasteiger partial charge is 0.396 e. The maximum Gasteiger partial charge on any atom is 0.315 e. The van der Waals surface area contributed by atoms with Crippen molar-refractivity contribution >= 4 is 6.03 Å². The first-order chi connectivity index (χ1) is 9.63. The van der Waals surface area contributed by atoms with Crippen molar-refractivity contribution in [3.63, 3.8) is 0 Å². The summed E-state index contributed by atoms with van der Waals surface area (Å²) in [6, 6.07) is 9.40. The van der Waals surface area contributed by atoms with E-state index in [9.17, 15) is 4.79 Å². The smallest absolute Gasteiger partial charge is 0.315 e. The minimum atomic E-state index is -0.170. The van der Waals surface area contributed by atoms with Crippen LogP contribution in [0.4, 0.5) is 4.79 Å². The van der Waals surface area contributed by atoms with Gasteiger partial charge in [-0.2, -0.15) is 0 Å². The molecule has 0 spiro atoms. The fourth-order valence-corrected chi connectivity index (χ4v) is 2.06. The summed E-state index contributed by atoms with van der Waals surface area (Å²) in [6.07, 6.45) is 2.61. The molecule has 4 heteroatoms. The number of hydrogen-bond donors (Lipinski definition) is 3. The molecule has 1 aromatic carbocycles. The Hall–Kier alpha value is -1.55. The Kier molecular flexibility index (Phi) is 7.73. The van der Waals surface area contributed by atoms with Gasteiger partial charge in [0.2, 0.25) is 0 Å². The van der Waals surface area contributed by atoms with Crippen LogP contribution in [0.15, 0.2) is 30.3 Å². The summed E-state index contributed by atoms with van der Waals surface area (Å²) < 4.78 is 0. The fraction of sp³-hybridized carbons (Fsp3) is 0.562. The van der Waals surface area contributed by atoms with Gasteiger partial charge < -0.3 is 15.7 Å². The second kappa shape index (κ2) is 9.37. The van der Waals surface area contributed by atoms with Crippen molar-refractivity contribution in [3.05, 3.63) is 35.9 Å². The van der Waals surface area contributed by atoms with Gasteiger partial charge >= 0.3 is 6.03 Å². The third-order valence-corrected chi connectivity index (χ3v) is 3.17. The molecule has 0 saturated heterocycles. The fourth-order valence-electron chi connectivity index (χ4n) is 2.06. The molecule has 4 nitrogen and oxygen atoms in total. The molecule has 0 aliphatic heterocycles. The van der Waals surface area contributed by atoms with Crippen LogP contribution in [0.3, 0.4) is 0 Å². The summed E-state index contributed by atoms with van der Waals surface area (Å²) in [6.45, 7) is 5.08. The highest BCUT2D eigenvalue weighted by Crippen LogP contribution is 2.15. The summed E-state index contributed by atoms with van der Waals surface area (Å²) in [7, 11) is 0. The number of amides is 2. The van der Waals surface area contributed by atoms with E-state index in [2.05, 4.69) is 24.5 Å². The molecule has 0 aromatic heterocycles. The lowest BCUT2D eigenvalue weighted by molar-refractivity contribution is 0.229. The van der Waals surface area contributed by atoms with Gasteiger partial charge in [0.25, 0.3) is 0 Å². The van der Waals surface area contributed by atoms with E-state index in [1.54, 1.807) is 0 Å². The summed E-state index contributed by atoms with van der Waals surface area (Å²) in [5.74, 6) is 0.659. The third kappa shape index (κ3) is 6.57. The molecule has 0 radical (unpaired) electrons. The molecule has 1 atom stereocenters. The van der Waals surface area contributed by atoms with E-state index < -0.39 is 0 Å². The SMILES string of the molecule is CC(C)CCCNC(=O)N[C@H](CCO)c1ccccc1. The number of aliphatic hydroxyl groups excluding tert-OH is 1. The molecule has 0 heterocycles. The van der Waals surface area contributed by atoms with Crippen LogP contribution >= 0.6 is 0 Å². The number of rotatable bonds is 8. The summed E-state index contributed by atoms with van der Waals surface area (Å²) in [5.41, 5.74) is 1.01. The van der Waals surface area contributed by atoms with E-state index in [0.29, 0.717) is 18.9 Å². The quantitative estimate of drug-likeness (QED) is 0.640. The summed E-state index contributed by atoms with van der Waals surface area (Å²) >= 11 is 0. The van der Waals surface area contributed by atoms with Crippen molar-refractivity contribution in [2.45, 2.75) is 39.2 Å². The zero-order valence-corrected chi connectivity index (χ0v) is 12.4. The normalized spacial score (nSPS) is 12.2. The predicted molar refractivity (Wildman–Crippen MR) is 81.5 cm³/mol. The van der Waals surface area contributed by atoms with E-state index in [1.165, 1.54) is 0 Å². The van der Waals surface area contributed by atoms with Crippen LogP contribution in [0.1, 0.15) is 44.7 Å². The Morgan fingerprint density at radius 2 is 1.90 bits per heavy atom. The topological polar surface area (TPSA) is 61.4 Å². The molecule has 0 aliphatic carbocycles. The number of nitrogens with one attached hydrogen (secondary N) is 2. The highest BCUT2D eigenvalue weighted by Gasteiger charge is 2.13. The predicted octanol–water partition coefficient (Wildman–Crippen LogP) is 2.85. The second-order valence-electron chi connectivity index (χ2n) is 5.41. The maximum absolute atomic E-state index is 11.8.